The van der Waals surface area contributed by atoms with E-state index in [4.69, 9.17) is 0 Å². The molecule has 7 heteroatoms. The van der Waals surface area contributed by atoms with E-state index in [0.717, 1.165) is 13.1 Å². The highest BCUT2D eigenvalue weighted by atomic mass is 16.2. The standard InChI is InChI=1S/C15H25N5O2/c1-12(2)13(21)17-9-10-18-14(22)15(4-7-16-8-5-15)20-11-3-6-19-20/h3,6,11-12,16H,4-5,7-10H2,1-2H3,(H,17,21)(H,18,22). The highest BCUT2D eigenvalue weighted by molar-refractivity contribution is 5.84. The first kappa shape index (κ1) is 16.5. The van der Waals surface area contributed by atoms with Crippen molar-refractivity contribution in [3.8, 4) is 0 Å². The molecule has 0 unspecified atom stereocenters. The Kier molecular flexibility index (Phi) is 5.54. The molecule has 0 radical (unpaired) electrons. The number of hydrogen-bond donors (Lipinski definition) is 3. The van der Waals surface area contributed by atoms with E-state index < -0.39 is 5.54 Å². The number of amides is 2. The number of piperidine rings is 1. The maximum absolute atomic E-state index is 12.7. The molecule has 7 nitrogen and oxygen atoms in total. The Morgan fingerprint density at radius 2 is 1.95 bits per heavy atom. The molecule has 2 rings (SSSR count). The van der Waals surface area contributed by atoms with Gasteiger partial charge < -0.3 is 16.0 Å². The molecule has 122 valence electrons. The van der Waals surface area contributed by atoms with Gasteiger partial charge in [-0.05, 0) is 32.0 Å². The lowest BCUT2D eigenvalue weighted by Crippen LogP contribution is -2.55. The van der Waals surface area contributed by atoms with E-state index >= 15 is 0 Å². The Bertz CT molecular complexity index is 492. The molecular weight excluding hydrogens is 282 g/mol. The molecule has 1 aromatic rings. The number of nitrogens with zero attached hydrogens (tertiary/aromatic N) is 2. The molecule has 0 saturated carbocycles. The lowest BCUT2D eigenvalue weighted by atomic mass is 9.87. The van der Waals surface area contributed by atoms with Gasteiger partial charge in [0.2, 0.25) is 11.8 Å². The first-order chi connectivity index (χ1) is 10.6. The predicted octanol–water partition coefficient (Wildman–Crippen LogP) is -0.150. The quantitative estimate of drug-likeness (QED) is 0.638. The molecule has 0 aliphatic carbocycles. The number of carbonyl (C=O) groups is 2. The number of hydrogen-bond acceptors (Lipinski definition) is 4. The molecule has 1 aliphatic heterocycles. The summed E-state index contributed by atoms with van der Waals surface area (Å²) in [6.07, 6.45) is 4.95. The van der Waals surface area contributed by atoms with Crippen molar-refractivity contribution in [1.29, 1.82) is 0 Å². The summed E-state index contributed by atoms with van der Waals surface area (Å²) in [6, 6.07) is 1.83. The van der Waals surface area contributed by atoms with Crippen LogP contribution in [0.15, 0.2) is 18.5 Å². The SMILES string of the molecule is CC(C)C(=O)NCCNC(=O)C1(n2cccn2)CCNCC1. The van der Waals surface area contributed by atoms with Crippen molar-refractivity contribution in [2.45, 2.75) is 32.2 Å². The molecule has 22 heavy (non-hydrogen) atoms. The Hall–Kier alpha value is -1.89. The molecule has 2 amide bonds. The van der Waals surface area contributed by atoms with Crippen molar-refractivity contribution in [1.82, 2.24) is 25.7 Å². The van der Waals surface area contributed by atoms with Crippen molar-refractivity contribution in [3.63, 3.8) is 0 Å². The highest BCUT2D eigenvalue weighted by Crippen LogP contribution is 2.26. The van der Waals surface area contributed by atoms with Crippen LogP contribution in [-0.2, 0) is 15.1 Å². The van der Waals surface area contributed by atoms with Gasteiger partial charge >= 0.3 is 0 Å². The number of rotatable bonds is 6. The van der Waals surface area contributed by atoms with Gasteiger partial charge in [-0.15, -0.1) is 0 Å². The summed E-state index contributed by atoms with van der Waals surface area (Å²) in [5, 5.41) is 13.3. The van der Waals surface area contributed by atoms with Crippen LogP contribution >= 0.6 is 0 Å². The third kappa shape index (κ3) is 3.65. The summed E-state index contributed by atoms with van der Waals surface area (Å²) in [7, 11) is 0. The van der Waals surface area contributed by atoms with Gasteiger partial charge in [-0.2, -0.15) is 5.10 Å². The fourth-order valence-corrected chi connectivity index (χ4v) is 2.65. The van der Waals surface area contributed by atoms with Crippen molar-refractivity contribution in [2.75, 3.05) is 26.2 Å². The normalized spacial score (nSPS) is 17.2. The molecule has 1 aromatic heterocycles. The van der Waals surface area contributed by atoms with Crippen LogP contribution in [0.5, 0.6) is 0 Å². The largest absolute Gasteiger partial charge is 0.354 e. The van der Waals surface area contributed by atoms with Crippen LogP contribution in [0.2, 0.25) is 0 Å². The first-order valence-corrected chi connectivity index (χ1v) is 7.83. The van der Waals surface area contributed by atoms with Crippen LogP contribution < -0.4 is 16.0 Å². The van der Waals surface area contributed by atoms with Gasteiger partial charge in [0.15, 0.2) is 0 Å². The monoisotopic (exact) mass is 307 g/mol. The van der Waals surface area contributed by atoms with Gasteiger partial charge in [-0.1, -0.05) is 13.8 Å². The highest BCUT2D eigenvalue weighted by Gasteiger charge is 2.41. The zero-order valence-electron chi connectivity index (χ0n) is 13.3. The van der Waals surface area contributed by atoms with E-state index in [1.807, 2.05) is 26.1 Å². The van der Waals surface area contributed by atoms with Gasteiger partial charge in [-0.25, -0.2) is 0 Å². The fourth-order valence-electron chi connectivity index (χ4n) is 2.65. The summed E-state index contributed by atoms with van der Waals surface area (Å²) >= 11 is 0. The topological polar surface area (TPSA) is 88.1 Å². The minimum absolute atomic E-state index is 0.00194. The zero-order chi connectivity index (χ0) is 16.0. The molecule has 0 atom stereocenters. The molecule has 0 bridgehead atoms. The summed E-state index contributed by atoms with van der Waals surface area (Å²) in [5.41, 5.74) is -0.628. The van der Waals surface area contributed by atoms with E-state index in [-0.39, 0.29) is 17.7 Å². The molecule has 1 saturated heterocycles. The number of aromatic nitrogens is 2. The van der Waals surface area contributed by atoms with Crippen LogP contribution in [0.25, 0.3) is 0 Å². The van der Waals surface area contributed by atoms with Crippen molar-refractivity contribution >= 4 is 11.8 Å². The van der Waals surface area contributed by atoms with Gasteiger partial charge in [0.05, 0.1) is 0 Å². The minimum Gasteiger partial charge on any atom is -0.354 e. The Labute approximate surface area is 130 Å². The number of nitrogens with one attached hydrogen (secondary N) is 3. The average molecular weight is 307 g/mol. The molecule has 1 fully saturated rings. The van der Waals surface area contributed by atoms with Crippen LogP contribution in [0.4, 0.5) is 0 Å². The average Bonchev–Trinajstić information content (AvgIpc) is 3.06. The molecule has 0 aromatic carbocycles. The van der Waals surface area contributed by atoms with E-state index in [1.54, 1.807) is 10.9 Å². The van der Waals surface area contributed by atoms with Crippen LogP contribution in [0, 0.1) is 5.92 Å². The summed E-state index contributed by atoms with van der Waals surface area (Å²) in [6.45, 7) is 6.13. The summed E-state index contributed by atoms with van der Waals surface area (Å²) in [5.74, 6) is -0.0788. The van der Waals surface area contributed by atoms with Crippen LogP contribution in [0.3, 0.4) is 0 Å². The maximum atomic E-state index is 12.7. The Balaban J connectivity index is 1.92. The Morgan fingerprint density at radius 3 is 2.55 bits per heavy atom. The molecule has 0 spiro atoms. The van der Waals surface area contributed by atoms with Crippen molar-refractivity contribution < 1.29 is 9.59 Å². The van der Waals surface area contributed by atoms with Gasteiger partial charge in [0, 0.05) is 31.4 Å². The second kappa shape index (κ2) is 7.40. The van der Waals surface area contributed by atoms with Crippen LogP contribution in [0.1, 0.15) is 26.7 Å². The molecule has 1 aliphatic rings. The predicted molar refractivity (Wildman–Crippen MR) is 83.2 cm³/mol. The van der Waals surface area contributed by atoms with Gasteiger partial charge in [0.1, 0.15) is 5.54 Å². The lowest BCUT2D eigenvalue weighted by Gasteiger charge is -2.36. The van der Waals surface area contributed by atoms with Crippen LogP contribution in [-0.4, -0.2) is 47.8 Å². The Morgan fingerprint density at radius 1 is 1.27 bits per heavy atom. The second-order valence-electron chi connectivity index (χ2n) is 5.93. The van der Waals surface area contributed by atoms with E-state index in [1.165, 1.54) is 0 Å². The molecular formula is C15H25N5O2. The lowest BCUT2D eigenvalue weighted by molar-refractivity contribution is -0.132. The third-order valence-corrected chi connectivity index (χ3v) is 4.03. The maximum Gasteiger partial charge on any atom is 0.248 e. The fraction of sp³-hybridized carbons (Fsp3) is 0.667. The first-order valence-electron chi connectivity index (χ1n) is 7.83. The third-order valence-electron chi connectivity index (χ3n) is 4.03. The van der Waals surface area contributed by atoms with E-state index in [2.05, 4.69) is 21.0 Å². The van der Waals surface area contributed by atoms with Crippen molar-refractivity contribution in [2.24, 2.45) is 5.92 Å². The summed E-state index contributed by atoms with van der Waals surface area (Å²) < 4.78 is 1.76. The minimum atomic E-state index is -0.628. The van der Waals surface area contributed by atoms with Gasteiger partial charge in [-0.3, -0.25) is 14.3 Å². The smallest absolute Gasteiger partial charge is 0.248 e. The second-order valence-corrected chi connectivity index (χ2v) is 5.93. The van der Waals surface area contributed by atoms with Crippen molar-refractivity contribution in [3.05, 3.63) is 18.5 Å². The number of carbonyl (C=O) groups excluding carboxylic acids is 2. The molecule has 2 heterocycles. The van der Waals surface area contributed by atoms with Gasteiger partial charge in [0.25, 0.3) is 0 Å². The zero-order valence-corrected chi connectivity index (χ0v) is 13.3. The summed E-state index contributed by atoms with van der Waals surface area (Å²) in [4.78, 5) is 24.2. The molecule has 3 N–H and O–H groups in total. The van der Waals surface area contributed by atoms with E-state index in [9.17, 15) is 9.59 Å². The van der Waals surface area contributed by atoms with E-state index in [0.29, 0.717) is 25.9 Å².